The number of nitrogens with zero attached hydrogens (tertiary/aromatic N) is 2. The lowest BCUT2D eigenvalue weighted by Gasteiger charge is -2.30. The minimum absolute atomic E-state index is 0.167. The van der Waals surface area contributed by atoms with E-state index in [1.54, 1.807) is 6.20 Å². The maximum atomic E-state index is 12.0. The normalized spacial score (nSPS) is 20.8. The molecule has 1 aromatic heterocycles. The van der Waals surface area contributed by atoms with Gasteiger partial charge in [0.05, 0.1) is 5.92 Å². The molecule has 0 radical (unpaired) electrons. The standard InChI is InChI=1S/C13H22N4O/c1-2-17-9-3-4-11(10-17)13(18)14-7-5-12-6-8-15-16-12/h6,8,11H,2-5,7,9-10H2,1H3,(H,14,18)(H,15,16). The number of aromatic nitrogens is 2. The van der Waals surface area contributed by atoms with Crippen molar-refractivity contribution in [2.45, 2.75) is 26.2 Å². The first-order chi connectivity index (χ1) is 8.79. The first kappa shape index (κ1) is 13.1. The van der Waals surface area contributed by atoms with Gasteiger partial charge in [-0.25, -0.2) is 0 Å². The zero-order valence-corrected chi connectivity index (χ0v) is 11.0. The van der Waals surface area contributed by atoms with E-state index in [9.17, 15) is 4.79 Å². The Morgan fingerprint density at radius 1 is 1.67 bits per heavy atom. The maximum Gasteiger partial charge on any atom is 0.224 e. The maximum absolute atomic E-state index is 12.0. The number of likely N-dealkylation sites (tertiary alicyclic amines) is 1. The first-order valence-corrected chi connectivity index (χ1v) is 6.78. The summed E-state index contributed by atoms with van der Waals surface area (Å²) in [5, 5.41) is 9.81. The highest BCUT2D eigenvalue weighted by Gasteiger charge is 2.24. The van der Waals surface area contributed by atoms with Gasteiger partial charge in [0.2, 0.25) is 5.91 Å². The molecule has 2 N–H and O–H groups in total. The van der Waals surface area contributed by atoms with Gasteiger partial charge in [-0.1, -0.05) is 6.92 Å². The van der Waals surface area contributed by atoms with Crippen LogP contribution >= 0.6 is 0 Å². The predicted octanol–water partition coefficient (Wildman–Crippen LogP) is 0.800. The van der Waals surface area contributed by atoms with Crippen LogP contribution in [0.3, 0.4) is 0 Å². The SMILES string of the molecule is CCN1CCCC(C(=O)NCCc2ccn[nH]2)C1. The summed E-state index contributed by atoms with van der Waals surface area (Å²) >= 11 is 0. The van der Waals surface area contributed by atoms with Crippen LogP contribution in [0.4, 0.5) is 0 Å². The van der Waals surface area contributed by atoms with Gasteiger partial charge in [-0.05, 0) is 32.0 Å². The lowest BCUT2D eigenvalue weighted by molar-refractivity contribution is -0.126. The molecule has 0 spiro atoms. The van der Waals surface area contributed by atoms with Gasteiger partial charge >= 0.3 is 0 Å². The second-order valence-electron chi connectivity index (χ2n) is 4.86. The number of aromatic amines is 1. The summed E-state index contributed by atoms with van der Waals surface area (Å²) in [6.07, 6.45) is 4.70. The van der Waals surface area contributed by atoms with Crippen LogP contribution in [0.5, 0.6) is 0 Å². The summed E-state index contributed by atoms with van der Waals surface area (Å²) in [4.78, 5) is 14.4. The number of hydrogen-bond donors (Lipinski definition) is 2. The van der Waals surface area contributed by atoms with E-state index in [-0.39, 0.29) is 11.8 Å². The third-order valence-electron chi connectivity index (χ3n) is 3.58. The van der Waals surface area contributed by atoms with Gasteiger partial charge in [-0.15, -0.1) is 0 Å². The monoisotopic (exact) mass is 250 g/mol. The summed E-state index contributed by atoms with van der Waals surface area (Å²) in [5.41, 5.74) is 1.06. The summed E-state index contributed by atoms with van der Waals surface area (Å²) in [6, 6.07) is 1.94. The van der Waals surface area contributed by atoms with Crippen molar-refractivity contribution >= 4 is 5.91 Å². The third kappa shape index (κ3) is 3.57. The Kier molecular flexibility index (Phi) is 4.75. The lowest BCUT2D eigenvalue weighted by atomic mass is 9.97. The average Bonchev–Trinajstić information content (AvgIpc) is 2.92. The number of piperidine rings is 1. The van der Waals surface area contributed by atoms with E-state index in [0.29, 0.717) is 6.54 Å². The molecule has 1 aliphatic heterocycles. The van der Waals surface area contributed by atoms with Gasteiger partial charge in [0.15, 0.2) is 0 Å². The van der Waals surface area contributed by atoms with Crippen LogP contribution in [0.15, 0.2) is 12.3 Å². The van der Waals surface area contributed by atoms with E-state index < -0.39 is 0 Å². The van der Waals surface area contributed by atoms with E-state index in [4.69, 9.17) is 0 Å². The van der Waals surface area contributed by atoms with Crippen molar-refractivity contribution < 1.29 is 4.79 Å². The number of carbonyl (C=O) groups is 1. The molecular formula is C13H22N4O. The largest absolute Gasteiger partial charge is 0.355 e. The second kappa shape index (κ2) is 6.54. The van der Waals surface area contributed by atoms with E-state index >= 15 is 0 Å². The average molecular weight is 250 g/mol. The van der Waals surface area contributed by atoms with Crippen LogP contribution in [0.1, 0.15) is 25.5 Å². The quantitative estimate of drug-likeness (QED) is 0.812. The molecule has 18 heavy (non-hydrogen) atoms. The highest BCUT2D eigenvalue weighted by Crippen LogP contribution is 2.16. The zero-order chi connectivity index (χ0) is 12.8. The smallest absolute Gasteiger partial charge is 0.224 e. The summed E-state index contributed by atoms with van der Waals surface area (Å²) in [7, 11) is 0. The molecule has 0 aromatic carbocycles. The van der Waals surface area contributed by atoms with Crippen molar-refractivity contribution in [3.8, 4) is 0 Å². The number of amides is 1. The molecule has 1 unspecified atom stereocenters. The Morgan fingerprint density at radius 2 is 2.56 bits per heavy atom. The van der Waals surface area contributed by atoms with Gasteiger partial charge in [-0.3, -0.25) is 9.89 Å². The summed E-state index contributed by atoms with van der Waals surface area (Å²) in [5.74, 6) is 0.369. The molecule has 1 atom stereocenters. The van der Waals surface area contributed by atoms with Crippen molar-refractivity contribution in [3.05, 3.63) is 18.0 Å². The molecule has 5 heteroatoms. The Hall–Kier alpha value is -1.36. The molecule has 0 aliphatic carbocycles. The lowest BCUT2D eigenvalue weighted by Crippen LogP contribution is -2.43. The van der Waals surface area contributed by atoms with Crippen LogP contribution in [0, 0.1) is 5.92 Å². The second-order valence-corrected chi connectivity index (χ2v) is 4.86. The van der Waals surface area contributed by atoms with Crippen LogP contribution in [0.25, 0.3) is 0 Å². The molecule has 2 rings (SSSR count). The molecular weight excluding hydrogens is 228 g/mol. The summed E-state index contributed by atoms with van der Waals surface area (Å²) < 4.78 is 0. The highest BCUT2D eigenvalue weighted by atomic mass is 16.1. The van der Waals surface area contributed by atoms with Crippen LogP contribution in [0.2, 0.25) is 0 Å². The molecule has 1 aromatic rings. The van der Waals surface area contributed by atoms with Crippen LogP contribution < -0.4 is 5.32 Å². The summed E-state index contributed by atoms with van der Waals surface area (Å²) in [6.45, 7) is 5.92. The highest BCUT2D eigenvalue weighted by molar-refractivity contribution is 5.78. The van der Waals surface area contributed by atoms with E-state index in [0.717, 1.165) is 44.6 Å². The number of nitrogens with one attached hydrogen (secondary N) is 2. The fraction of sp³-hybridized carbons (Fsp3) is 0.692. The van der Waals surface area contributed by atoms with Crippen LogP contribution in [-0.2, 0) is 11.2 Å². The van der Waals surface area contributed by atoms with E-state index in [1.807, 2.05) is 6.07 Å². The Bertz CT molecular complexity index is 363. The van der Waals surface area contributed by atoms with E-state index in [2.05, 4.69) is 27.3 Å². The van der Waals surface area contributed by atoms with Gasteiger partial charge in [0, 0.05) is 31.4 Å². The zero-order valence-electron chi connectivity index (χ0n) is 11.0. The molecule has 2 heterocycles. The molecule has 0 bridgehead atoms. The molecule has 1 amide bonds. The number of rotatable bonds is 5. The molecule has 1 aliphatic rings. The number of carbonyl (C=O) groups excluding carboxylic acids is 1. The Labute approximate surface area is 108 Å². The number of hydrogen-bond acceptors (Lipinski definition) is 3. The number of H-pyrrole nitrogens is 1. The molecule has 1 saturated heterocycles. The third-order valence-corrected chi connectivity index (χ3v) is 3.58. The fourth-order valence-electron chi connectivity index (χ4n) is 2.45. The Balaban J connectivity index is 1.70. The predicted molar refractivity (Wildman–Crippen MR) is 70.1 cm³/mol. The molecule has 100 valence electrons. The topological polar surface area (TPSA) is 61.0 Å². The van der Waals surface area contributed by atoms with Crippen molar-refractivity contribution in [3.63, 3.8) is 0 Å². The van der Waals surface area contributed by atoms with Gasteiger partial charge in [0.25, 0.3) is 0 Å². The Morgan fingerprint density at radius 3 is 3.28 bits per heavy atom. The fourth-order valence-corrected chi connectivity index (χ4v) is 2.45. The van der Waals surface area contributed by atoms with Crippen molar-refractivity contribution in [1.29, 1.82) is 0 Å². The van der Waals surface area contributed by atoms with Gasteiger partial charge in [0.1, 0.15) is 0 Å². The molecule has 5 nitrogen and oxygen atoms in total. The minimum Gasteiger partial charge on any atom is -0.355 e. The van der Waals surface area contributed by atoms with Crippen molar-refractivity contribution in [2.24, 2.45) is 5.92 Å². The molecule has 0 saturated carbocycles. The minimum atomic E-state index is 0.167. The van der Waals surface area contributed by atoms with Crippen molar-refractivity contribution in [1.82, 2.24) is 20.4 Å². The van der Waals surface area contributed by atoms with Gasteiger partial charge < -0.3 is 10.2 Å². The van der Waals surface area contributed by atoms with Gasteiger partial charge in [-0.2, -0.15) is 5.10 Å². The van der Waals surface area contributed by atoms with E-state index in [1.165, 1.54) is 0 Å². The van der Waals surface area contributed by atoms with Crippen LogP contribution in [-0.4, -0.2) is 47.2 Å². The van der Waals surface area contributed by atoms with Crippen molar-refractivity contribution in [2.75, 3.05) is 26.2 Å². The first-order valence-electron chi connectivity index (χ1n) is 6.78. The molecule has 1 fully saturated rings.